The van der Waals surface area contributed by atoms with Crippen LogP contribution in [0.2, 0.25) is 0 Å². The standard InChI is InChI=1S/C26H29FN4O3S/c1-19(34-17-15-20-6-4-5-16-28-20)29-21-11-13-24(14-12-21)35(33)31-23-9-7-22(8-10-23)30-25(32)26(2,3)18-27/h4-14,16,29,31H,1,15,17-18H2,2-3H3,(H,30,32). The van der Waals surface area contributed by atoms with Gasteiger partial charge in [0.15, 0.2) is 5.88 Å². The number of halogens is 1. The molecule has 0 aliphatic heterocycles. The van der Waals surface area contributed by atoms with Gasteiger partial charge in [-0.1, -0.05) is 6.07 Å². The quantitative estimate of drug-likeness (QED) is 0.296. The van der Waals surface area contributed by atoms with E-state index in [1.165, 1.54) is 13.8 Å². The van der Waals surface area contributed by atoms with Gasteiger partial charge in [0.1, 0.15) is 17.7 Å². The normalized spacial score (nSPS) is 11.9. The average molecular weight is 497 g/mol. The fourth-order valence-corrected chi connectivity index (χ4v) is 3.68. The zero-order chi connectivity index (χ0) is 25.3. The zero-order valence-corrected chi connectivity index (χ0v) is 20.5. The molecule has 9 heteroatoms. The summed E-state index contributed by atoms with van der Waals surface area (Å²) in [7, 11) is -1.49. The van der Waals surface area contributed by atoms with Crippen molar-refractivity contribution in [2.24, 2.45) is 5.41 Å². The first-order valence-corrected chi connectivity index (χ1v) is 12.2. The van der Waals surface area contributed by atoms with Crippen LogP contribution < -0.4 is 15.4 Å². The van der Waals surface area contributed by atoms with Crippen LogP contribution >= 0.6 is 0 Å². The van der Waals surface area contributed by atoms with Crippen molar-refractivity contribution in [2.75, 3.05) is 28.6 Å². The van der Waals surface area contributed by atoms with Crippen molar-refractivity contribution in [1.82, 2.24) is 4.98 Å². The molecule has 1 heterocycles. The number of nitrogens with zero attached hydrogens (tertiary/aromatic N) is 1. The number of alkyl halides is 1. The summed E-state index contributed by atoms with van der Waals surface area (Å²) in [4.78, 5) is 16.9. The van der Waals surface area contributed by atoms with Crippen LogP contribution in [0.25, 0.3) is 0 Å². The molecule has 0 saturated heterocycles. The molecule has 1 unspecified atom stereocenters. The van der Waals surface area contributed by atoms with Gasteiger partial charge in [0.25, 0.3) is 0 Å². The molecule has 0 radical (unpaired) electrons. The van der Waals surface area contributed by atoms with Gasteiger partial charge in [0.2, 0.25) is 5.91 Å². The summed E-state index contributed by atoms with van der Waals surface area (Å²) in [5.41, 5.74) is 1.75. The first kappa shape index (κ1) is 25.9. The number of nitrogens with one attached hydrogen (secondary N) is 3. The Balaban J connectivity index is 1.47. The molecule has 184 valence electrons. The van der Waals surface area contributed by atoms with E-state index in [0.29, 0.717) is 35.2 Å². The maximum Gasteiger partial charge on any atom is 0.232 e. The number of hydrogen-bond donors (Lipinski definition) is 3. The molecule has 2 aromatic carbocycles. The molecule has 35 heavy (non-hydrogen) atoms. The third-order valence-corrected chi connectivity index (χ3v) is 6.14. The largest absolute Gasteiger partial charge is 0.479 e. The molecule has 0 saturated carbocycles. The van der Waals surface area contributed by atoms with Crippen molar-refractivity contribution < 1.29 is 18.1 Å². The molecule has 1 amide bonds. The van der Waals surface area contributed by atoms with E-state index in [0.717, 1.165) is 11.4 Å². The molecule has 0 aliphatic carbocycles. The molecule has 1 atom stereocenters. The molecule has 0 fully saturated rings. The van der Waals surface area contributed by atoms with E-state index in [9.17, 15) is 13.4 Å². The van der Waals surface area contributed by atoms with Crippen LogP contribution in [-0.4, -0.2) is 28.4 Å². The lowest BCUT2D eigenvalue weighted by molar-refractivity contribution is -0.124. The van der Waals surface area contributed by atoms with Gasteiger partial charge >= 0.3 is 0 Å². The summed E-state index contributed by atoms with van der Waals surface area (Å²) < 4.78 is 34.2. The Morgan fingerprint density at radius 3 is 2.26 bits per heavy atom. The Hall–Kier alpha value is -3.72. The van der Waals surface area contributed by atoms with Crippen molar-refractivity contribution >= 4 is 34.0 Å². The number of aromatic nitrogens is 1. The maximum absolute atomic E-state index is 13.0. The number of hydrogen-bond acceptors (Lipinski definition) is 5. The van der Waals surface area contributed by atoms with Crippen LogP contribution in [-0.2, 0) is 26.9 Å². The summed E-state index contributed by atoms with van der Waals surface area (Å²) in [6.45, 7) is 6.64. The highest BCUT2D eigenvalue weighted by atomic mass is 32.2. The minimum Gasteiger partial charge on any atom is -0.479 e. The summed E-state index contributed by atoms with van der Waals surface area (Å²) in [5, 5.41) is 5.74. The fourth-order valence-electron chi connectivity index (χ4n) is 2.83. The number of pyridine rings is 1. The van der Waals surface area contributed by atoms with Gasteiger partial charge in [-0.05, 0) is 81.1 Å². The SMILES string of the molecule is C=C(Nc1ccc(S(=O)Nc2ccc(NC(=O)C(C)(C)CF)cc2)cc1)OCCc1ccccn1. The Morgan fingerprint density at radius 2 is 1.63 bits per heavy atom. The van der Waals surface area contributed by atoms with Crippen molar-refractivity contribution in [3.63, 3.8) is 0 Å². The molecule has 3 rings (SSSR count). The number of anilines is 3. The number of carbonyl (C=O) groups is 1. The van der Waals surface area contributed by atoms with Crippen LogP contribution in [0.15, 0.2) is 90.3 Å². The minimum atomic E-state index is -1.49. The third kappa shape index (κ3) is 7.92. The highest BCUT2D eigenvalue weighted by Crippen LogP contribution is 2.22. The molecule has 3 aromatic rings. The predicted molar refractivity (Wildman–Crippen MR) is 138 cm³/mol. The van der Waals surface area contributed by atoms with Crippen molar-refractivity contribution in [3.05, 3.63) is 91.1 Å². The molecule has 1 aromatic heterocycles. The summed E-state index contributed by atoms with van der Waals surface area (Å²) in [6, 6.07) is 19.5. The van der Waals surface area contributed by atoms with Gasteiger partial charge in [0, 0.05) is 35.4 Å². The summed E-state index contributed by atoms with van der Waals surface area (Å²) in [6.07, 6.45) is 2.42. The van der Waals surface area contributed by atoms with Gasteiger partial charge in [-0.2, -0.15) is 0 Å². The van der Waals surface area contributed by atoms with Gasteiger partial charge in [0.05, 0.1) is 16.9 Å². The smallest absolute Gasteiger partial charge is 0.232 e. The monoisotopic (exact) mass is 496 g/mol. The van der Waals surface area contributed by atoms with Crippen LogP contribution in [0.3, 0.4) is 0 Å². The topological polar surface area (TPSA) is 92.4 Å². The zero-order valence-electron chi connectivity index (χ0n) is 19.7. The van der Waals surface area contributed by atoms with Gasteiger partial charge in [-0.25, -0.2) is 8.60 Å². The van der Waals surface area contributed by atoms with Crippen LogP contribution in [0.1, 0.15) is 19.5 Å². The average Bonchev–Trinajstić information content (AvgIpc) is 2.86. The van der Waals surface area contributed by atoms with Gasteiger partial charge in [-0.15, -0.1) is 0 Å². The summed E-state index contributed by atoms with van der Waals surface area (Å²) in [5.74, 6) is 0.00859. The molecule has 0 bridgehead atoms. The Kier molecular flexibility index (Phi) is 8.97. The highest BCUT2D eigenvalue weighted by molar-refractivity contribution is 7.86. The maximum atomic E-state index is 13.0. The van der Waals surface area contributed by atoms with Crippen LogP contribution in [0.5, 0.6) is 0 Å². The van der Waals surface area contributed by atoms with E-state index in [4.69, 9.17) is 4.74 Å². The molecule has 3 N–H and O–H groups in total. The summed E-state index contributed by atoms with van der Waals surface area (Å²) >= 11 is 0. The first-order valence-electron chi connectivity index (χ1n) is 11.0. The number of rotatable bonds is 12. The Labute approximate surface area is 207 Å². The molecular weight excluding hydrogens is 467 g/mol. The van der Waals surface area contributed by atoms with E-state index in [1.807, 2.05) is 18.2 Å². The minimum absolute atomic E-state index is 0.403. The number of ether oxygens (including phenoxy) is 1. The second-order valence-corrected chi connectivity index (χ2v) is 9.62. The van der Waals surface area contributed by atoms with Crippen LogP contribution in [0, 0.1) is 5.41 Å². The van der Waals surface area contributed by atoms with E-state index < -0.39 is 29.0 Å². The lowest BCUT2D eigenvalue weighted by atomic mass is 9.94. The molecule has 7 nitrogen and oxygen atoms in total. The lowest BCUT2D eigenvalue weighted by Gasteiger charge is -2.19. The van der Waals surface area contributed by atoms with Crippen LogP contribution in [0.4, 0.5) is 21.5 Å². The van der Waals surface area contributed by atoms with Gasteiger partial charge in [-0.3, -0.25) is 9.78 Å². The van der Waals surface area contributed by atoms with Crippen molar-refractivity contribution in [1.29, 1.82) is 0 Å². The van der Waals surface area contributed by atoms with E-state index >= 15 is 0 Å². The first-order chi connectivity index (χ1) is 16.8. The van der Waals surface area contributed by atoms with E-state index in [2.05, 4.69) is 26.9 Å². The lowest BCUT2D eigenvalue weighted by Crippen LogP contribution is -2.32. The third-order valence-electron chi connectivity index (χ3n) is 5.01. The number of benzene rings is 2. The second kappa shape index (κ2) is 12.1. The second-order valence-electron chi connectivity index (χ2n) is 8.41. The van der Waals surface area contributed by atoms with E-state index in [-0.39, 0.29) is 0 Å². The molecule has 0 aliphatic rings. The van der Waals surface area contributed by atoms with Gasteiger partial charge < -0.3 is 20.1 Å². The molecule has 0 spiro atoms. The predicted octanol–water partition coefficient (Wildman–Crippen LogP) is 5.29. The van der Waals surface area contributed by atoms with Crippen molar-refractivity contribution in [3.8, 4) is 0 Å². The number of carbonyl (C=O) groups excluding carboxylic acids is 1. The Morgan fingerprint density at radius 1 is 1.00 bits per heavy atom. The van der Waals surface area contributed by atoms with E-state index in [1.54, 1.807) is 54.7 Å². The Bertz CT molecular complexity index is 1150. The highest BCUT2D eigenvalue weighted by Gasteiger charge is 2.27. The fraction of sp³-hybridized carbons (Fsp3) is 0.231. The van der Waals surface area contributed by atoms with Crippen molar-refractivity contribution in [2.45, 2.75) is 25.2 Å². The molecular formula is C26H29FN4O3S. The number of amides is 1.